The highest BCUT2D eigenvalue weighted by molar-refractivity contribution is 6.32. The van der Waals surface area contributed by atoms with Gasteiger partial charge in [-0.15, -0.1) is 0 Å². The summed E-state index contributed by atoms with van der Waals surface area (Å²) in [4.78, 5) is 25.0. The molecule has 21 heavy (non-hydrogen) atoms. The van der Waals surface area contributed by atoms with Crippen molar-refractivity contribution < 1.29 is 18.7 Å². The van der Waals surface area contributed by atoms with Crippen LogP contribution >= 0.6 is 11.6 Å². The quantitative estimate of drug-likeness (QED) is 0.898. The third-order valence-electron chi connectivity index (χ3n) is 3.15. The van der Waals surface area contributed by atoms with Crippen molar-refractivity contribution in [2.75, 3.05) is 26.2 Å². The van der Waals surface area contributed by atoms with Crippen molar-refractivity contribution in [3.63, 3.8) is 0 Å². The molecule has 1 heterocycles. The second-order valence-corrected chi connectivity index (χ2v) is 5.14. The summed E-state index contributed by atoms with van der Waals surface area (Å²) in [7, 11) is 0. The fourth-order valence-electron chi connectivity index (χ4n) is 2.04. The van der Waals surface area contributed by atoms with Gasteiger partial charge < -0.3 is 15.0 Å². The largest absolute Gasteiger partial charge is 0.482 e. The van der Waals surface area contributed by atoms with E-state index in [1.165, 1.54) is 12.1 Å². The number of rotatable bonds is 5. The Morgan fingerprint density at radius 1 is 1.33 bits per heavy atom. The van der Waals surface area contributed by atoms with Crippen LogP contribution in [0.1, 0.15) is 12.8 Å². The maximum absolute atomic E-state index is 12.8. The molecule has 5 nitrogen and oxygen atoms in total. The van der Waals surface area contributed by atoms with E-state index >= 15 is 0 Å². The highest BCUT2D eigenvalue weighted by atomic mass is 35.5. The molecule has 0 spiro atoms. The Balaban J connectivity index is 1.73. The van der Waals surface area contributed by atoms with Crippen molar-refractivity contribution in [3.8, 4) is 5.75 Å². The molecule has 1 aliphatic rings. The normalized spacial score (nSPS) is 14.1. The van der Waals surface area contributed by atoms with Crippen LogP contribution in [0.4, 0.5) is 4.39 Å². The number of likely N-dealkylation sites (tertiary alicyclic amines) is 1. The standard InChI is InChI=1S/C14H16ClFN2O3/c15-11-7-10(16)3-4-12(11)21-9-13(19)17-8-14(20)18-5-1-2-6-18/h3-4,7H,1-2,5-6,8-9H2,(H,17,19). The summed E-state index contributed by atoms with van der Waals surface area (Å²) in [6, 6.07) is 3.64. The minimum Gasteiger partial charge on any atom is -0.482 e. The predicted octanol–water partition coefficient (Wildman–Crippen LogP) is 1.60. The van der Waals surface area contributed by atoms with E-state index in [4.69, 9.17) is 16.3 Å². The molecule has 7 heteroatoms. The van der Waals surface area contributed by atoms with Crippen LogP contribution in [0.2, 0.25) is 5.02 Å². The number of nitrogens with one attached hydrogen (secondary N) is 1. The Kier molecular flexibility index (Phi) is 5.38. The molecule has 0 saturated carbocycles. The number of amides is 2. The molecule has 0 atom stereocenters. The first kappa shape index (κ1) is 15.6. The minimum atomic E-state index is -0.479. The average molecular weight is 315 g/mol. The van der Waals surface area contributed by atoms with Gasteiger partial charge in [0.15, 0.2) is 6.61 Å². The number of ether oxygens (including phenoxy) is 1. The molecule has 1 saturated heterocycles. The molecular formula is C14H16ClFN2O3. The van der Waals surface area contributed by atoms with E-state index in [2.05, 4.69) is 5.32 Å². The Morgan fingerprint density at radius 2 is 2.05 bits per heavy atom. The first-order chi connectivity index (χ1) is 10.1. The molecule has 2 amide bonds. The lowest BCUT2D eigenvalue weighted by molar-refractivity contribution is -0.132. The number of hydrogen-bond donors (Lipinski definition) is 1. The summed E-state index contributed by atoms with van der Waals surface area (Å²) in [6.45, 7) is 1.17. The van der Waals surface area contributed by atoms with Crippen molar-refractivity contribution in [1.82, 2.24) is 10.2 Å². The fourth-order valence-corrected chi connectivity index (χ4v) is 2.26. The number of carbonyl (C=O) groups excluding carboxylic acids is 2. The highest BCUT2D eigenvalue weighted by Crippen LogP contribution is 2.24. The van der Waals surface area contributed by atoms with Gasteiger partial charge in [0.25, 0.3) is 5.91 Å². The van der Waals surface area contributed by atoms with Crippen molar-refractivity contribution in [1.29, 1.82) is 0 Å². The zero-order valence-corrected chi connectivity index (χ0v) is 12.2. The van der Waals surface area contributed by atoms with Gasteiger partial charge in [0.1, 0.15) is 11.6 Å². The molecular weight excluding hydrogens is 299 g/mol. The Morgan fingerprint density at radius 3 is 2.71 bits per heavy atom. The summed E-state index contributed by atoms with van der Waals surface area (Å²) in [5.74, 6) is -0.782. The first-order valence-electron chi connectivity index (χ1n) is 6.68. The maximum atomic E-state index is 12.8. The summed E-state index contributed by atoms with van der Waals surface area (Å²) >= 11 is 5.77. The van der Waals surface area contributed by atoms with E-state index in [-0.39, 0.29) is 29.8 Å². The van der Waals surface area contributed by atoms with Gasteiger partial charge >= 0.3 is 0 Å². The van der Waals surface area contributed by atoms with E-state index in [1.807, 2.05) is 0 Å². The Labute approximate surface area is 127 Å². The molecule has 114 valence electrons. The van der Waals surface area contributed by atoms with E-state index in [0.717, 1.165) is 32.0 Å². The number of nitrogens with zero attached hydrogens (tertiary/aromatic N) is 1. The van der Waals surface area contributed by atoms with Crippen LogP contribution in [0, 0.1) is 5.82 Å². The van der Waals surface area contributed by atoms with Gasteiger partial charge in [-0.25, -0.2) is 4.39 Å². The zero-order chi connectivity index (χ0) is 15.2. The number of carbonyl (C=O) groups is 2. The average Bonchev–Trinajstić information content (AvgIpc) is 2.98. The van der Waals surface area contributed by atoms with E-state index in [1.54, 1.807) is 4.90 Å². The van der Waals surface area contributed by atoms with Crippen molar-refractivity contribution in [3.05, 3.63) is 29.0 Å². The van der Waals surface area contributed by atoms with Gasteiger partial charge in [0.05, 0.1) is 11.6 Å². The zero-order valence-electron chi connectivity index (χ0n) is 11.4. The highest BCUT2D eigenvalue weighted by Gasteiger charge is 2.18. The van der Waals surface area contributed by atoms with E-state index < -0.39 is 11.7 Å². The number of benzene rings is 1. The molecule has 1 fully saturated rings. The van der Waals surface area contributed by atoms with E-state index in [9.17, 15) is 14.0 Å². The van der Waals surface area contributed by atoms with E-state index in [0.29, 0.717) is 0 Å². The molecule has 0 unspecified atom stereocenters. The molecule has 1 aliphatic heterocycles. The van der Waals surface area contributed by atoms with Gasteiger partial charge in [0, 0.05) is 13.1 Å². The van der Waals surface area contributed by atoms with Crippen LogP contribution in [0.3, 0.4) is 0 Å². The van der Waals surface area contributed by atoms with Gasteiger partial charge in [-0.3, -0.25) is 9.59 Å². The third kappa shape index (κ3) is 4.60. The second kappa shape index (κ2) is 7.26. The summed E-state index contributed by atoms with van der Waals surface area (Å²) in [5, 5.41) is 2.58. The van der Waals surface area contributed by atoms with Crippen LogP contribution in [0.25, 0.3) is 0 Å². The van der Waals surface area contributed by atoms with Crippen molar-refractivity contribution in [2.45, 2.75) is 12.8 Å². The van der Waals surface area contributed by atoms with Crippen LogP contribution in [-0.2, 0) is 9.59 Å². The Hall–Kier alpha value is -1.82. The van der Waals surface area contributed by atoms with Crippen LogP contribution < -0.4 is 10.1 Å². The van der Waals surface area contributed by atoms with Gasteiger partial charge in [-0.1, -0.05) is 11.6 Å². The summed E-state index contributed by atoms with van der Waals surface area (Å²) in [5.41, 5.74) is 0. The molecule has 2 rings (SSSR count). The van der Waals surface area contributed by atoms with Crippen LogP contribution in [0.15, 0.2) is 18.2 Å². The number of halogens is 2. The first-order valence-corrected chi connectivity index (χ1v) is 7.06. The third-order valence-corrected chi connectivity index (χ3v) is 3.44. The Bertz CT molecular complexity index is 533. The fraction of sp³-hybridized carbons (Fsp3) is 0.429. The summed E-state index contributed by atoms with van der Waals surface area (Å²) < 4.78 is 18.0. The smallest absolute Gasteiger partial charge is 0.258 e. The lowest BCUT2D eigenvalue weighted by Gasteiger charge is -2.15. The SMILES string of the molecule is O=C(COc1ccc(F)cc1Cl)NCC(=O)N1CCCC1. The molecule has 0 aliphatic carbocycles. The summed E-state index contributed by atoms with van der Waals surface area (Å²) in [6.07, 6.45) is 2.01. The van der Waals surface area contributed by atoms with Gasteiger partial charge in [-0.05, 0) is 31.0 Å². The molecule has 0 aromatic heterocycles. The topological polar surface area (TPSA) is 58.6 Å². The van der Waals surface area contributed by atoms with Crippen LogP contribution in [0.5, 0.6) is 5.75 Å². The van der Waals surface area contributed by atoms with Gasteiger partial charge in [0.2, 0.25) is 5.91 Å². The molecule has 0 radical (unpaired) electrons. The van der Waals surface area contributed by atoms with Gasteiger partial charge in [-0.2, -0.15) is 0 Å². The van der Waals surface area contributed by atoms with Crippen molar-refractivity contribution >= 4 is 23.4 Å². The lowest BCUT2D eigenvalue weighted by Crippen LogP contribution is -2.40. The number of hydrogen-bond acceptors (Lipinski definition) is 3. The molecule has 1 aromatic carbocycles. The minimum absolute atomic E-state index is 0.0423. The molecule has 1 aromatic rings. The van der Waals surface area contributed by atoms with Crippen molar-refractivity contribution in [2.24, 2.45) is 0 Å². The lowest BCUT2D eigenvalue weighted by atomic mass is 10.3. The van der Waals surface area contributed by atoms with Crippen LogP contribution in [-0.4, -0.2) is 43.0 Å². The maximum Gasteiger partial charge on any atom is 0.258 e. The molecule has 1 N–H and O–H groups in total. The second-order valence-electron chi connectivity index (χ2n) is 4.73. The predicted molar refractivity (Wildman–Crippen MR) is 75.7 cm³/mol. The molecule has 0 bridgehead atoms. The monoisotopic (exact) mass is 314 g/mol.